The molecule has 0 aromatic rings. The van der Waals surface area contributed by atoms with Crippen LogP contribution < -0.4 is 0 Å². The number of amides is 1. The number of carboxylic acid groups (broad SMARTS) is 1. The number of aliphatic carboxylic acids is 1. The zero-order chi connectivity index (χ0) is 12.8. The van der Waals surface area contributed by atoms with Crippen molar-refractivity contribution < 1.29 is 14.7 Å². The van der Waals surface area contributed by atoms with Crippen LogP contribution in [0.15, 0.2) is 0 Å². The second-order valence-electron chi connectivity index (χ2n) is 4.76. The Labute approximate surface area is 102 Å². The van der Waals surface area contributed by atoms with Crippen LogP contribution in [0.5, 0.6) is 0 Å². The minimum Gasteiger partial charge on any atom is -0.480 e. The number of carboxylic acids is 1. The lowest BCUT2D eigenvalue weighted by Crippen LogP contribution is -2.45. The SMILES string of the molecule is CCN(CC(=O)O)CC(=O)N1CCC(C)CC1. The van der Waals surface area contributed by atoms with Crippen molar-refractivity contribution in [3.63, 3.8) is 0 Å². The smallest absolute Gasteiger partial charge is 0.317 e. The van der Waals surface area contributed by atoms with Gasteiger partial charge < -0.3 is 10.0 Å². The van der Waals surface area contributed by atoms with E-state index in [2.05, 4.69) is 6.92 Å². The van der Waals surface area contributed by atoms with Gasteiger partial charge in [0.1, 0.15) is 0 Å². The van der Waals surface area contributed by atoms with Crippen LogP contribution in [0.2, 0.25) is 0 Å². The molecule has 1 aliphatic rings. The maximum atomic E-state index is 11.9. The summed E-state index contributed by atoms with van der Waals surface area (Å²) in [4.78, 5) is 26.1. The van der Waals surface area contributed by atoms with Crippen LogP contribution in [-0.4, -0.2) is 59.5 Å². The lowest BCUT2D eigenvalue weighted by molar-refractivity contribution is -0.140. The molecule has 0 aromatic heterocycles. The Morgan fingerprint density at radius 1 is 1.29 bits per heavy atom. The molecule has 1 heterocycles. The zero-order valence-electron chi connectivity index (χ0n) is 10.7. The molecule has 0 saturated carbocycles. The molecule has 1 fully saturated rings. The fourth-order valence-electron chi connectivity index (χ4n) is 2.02. The third-order valence-electron chi connectivity index (χ3n) is 3.30. The number of rotatable bonds is 5. The summed E-state index contributed by atoms with van der Waals surface area (Å²) < 4.78 is 0. The second kappa shape index (κ2) is 6.59. The van der Waals surface area contributed by atoms with E-state index in [9.17, 15) is 9.59 Å². The van der Waals surface area contributed by atoms with Crippen LogP contribution in [0.4, 0.5) is 0 Å². The summed E-state index contributed by atoms with van der Waals surface area (Å²) in [6, 6.07) is 0. The molecule has 0 radical (unpaired) electrons. The van der Waals surface area contributed by atoms with Crippen LogP contribution in [0.25, 0.3) is 0 Å². The topological polar surface area (TPSA) is 60.9 Å². The largest absolute Gasteiger partial charge is 0.480 e. The van der Waals surface area contributed by atoms with Crippen molar-refractivity contribution in [1.82, 2.24) is 9.80 Å². The summed E-state index contributed by atoms with van der Waals surface area (Å²) in [7, 11) is 0. The van der Waals surface area contributed by atoms with Crippen molar-refractivity contribution in [1.29, 1.82) is 0 Å². The summed E-state index contributed by atoms with van der Waals surface area (Å²) in [5.74, 6) is -0.132. The molecular weight excluding hydrogens is 220 g/mol. The Balaban J connectivity index is 2.39. The monoisotopic (exact) mass is 242 g/mol. The van der Waals surface area contributed by atoms with Crippen LogP contribution in [0, 0.1) is 5.92 Å². The van der Waals surface area contributed by atoms with Gasteiger partial charge in [-0.05, 0) is 25.3 Å². The van der Waals surface area contributed by atoms with Crippen molar-refractivity contribution in [3.8, 4) is 0 Å². The van der Waals surface area contributed by atoms with Gasteiger partial charge in [0.05, 0.1) is 13.1 Å². The Hall–Kier alpha value is -1.10. The van der Waals surface area contributed by atoms with E-state index in [-0.39, 0.29) is 19.0 Å². The number of likely N-dealkylation sites (N-methyl/N-ethyl adjacent to an activating group) is 1. The fourth-order valence-corrected chi connectivity index (χ4v) is 2.02. The molecule has 0 atom stereocenters. The van der Waals surface area contributed by atoms with Gasteiger partial charge in [0.15, 0.2) is 0 Å². The third kappa shape index (κ3) is 4.73. The number of likely N-dealkylation sites (tertiary alicyclic amines) is 1. The quantitative estimate of drug-likeness (QED) is 0.769. The molecule has 17 heavy (non-hydrogen) atoms. The standard InChI is InChI=1S/C12H22N2O3/c1-3-13(9-12(16)17)8-11(15)14-6-4-10(2)5-7-14/h10H,3-9H2,1-2H3,(H,16,17). The molecule has 1 rings (SSSR count). The summed E-state index contributed by atoms with van der Waals surface area (Å²) >= 11 is 0. The van der Waals surface area contributed by atoms with E-state index in [1.54, 1.807) is 4.90 Å². The Morgan fingerprint density at radius 3 is 2.35 bits per heavy atom. The van der Waals surface area contributed by atoms with Crippen molar-refractivity contribution >= 4 is 11.9 Å². The first-order valence-electron chi connectivity index (χ1n) is 6.24. The first-order chi connectivity index (χ1) is 8.02. The molecule has 5 nitrogen and oxygen atoms in total. The van der Waals surface area contributed by atoms with E-state index in [1.165, 1.54) is 0 Å². The van der Waals surface area contributed by atoms with Gasteiger partial charge in [-0.15, -0.1) is 0 Å². The summed E-state index contributed by atoms with van der Waals surface area (Å²) in [5.41, 5.74) is 0. The van der Waals surface area contributed by atoms with Gasteiger partial charge in [-0.3, -0.25) is 14.5 Å². The normalized spacial score (nSPS) is 17.5. The van der Waals surface area contributed by atoms with Crippen LogP contribution in [-0.2, 0) is 9.59 Å². The molecule has 0 bridgehead atoms. The van der Waals surface area contributed by atoms with Crippen LogP contribution in [0.1, 0.15) is 26.7 Å². The highest BCUT2D eigenvalue weighted by Crippen LogP contribution is 2.16. The fraction of sp³-hybridized carbons (Fsp3) is 0.833. The highest BCUT2D eigenvalue weighted by atomic mass is 16.4. The predicted octanol–water partition coefficient (Wildman–Crippen LogP) is 0.651. The average molecular weight is 242 g/mol. The lowest BCUT2D eigenvalue weighted by atomic mass is 9.99. The number of hydrogen-bond donors (Lipinski definition) is 1. The predicted molar refractivity (Wildman–Crippen MR) is 64.7 cm³/mol. The summed E-state index contributed by atoms with van der Waals surface area (Å²) in [6.07, 6.45) is 2.10. The van der Waals surface area contributed by atoms with E-state index in [0.29, 0.717) is 12.5 Å². The molecular formula is C12H22N2O3. The second-order valence-corrected chi connectivity index (χ2v) is 4.76. The first-order valence-corrected chi connectivity index (χ1v) is 6.24. The van der Waals surface area contributed by atoms with Gasteiger partial charge >= 0.3 is 5.97 Å². The Bertz CT molecular complexity index is 273. The molecule has 5 heteroatoms. The molecule has 1 N–H and O–H groups in total. The molecule has 0 aromatic carbocycles. The highest BCUT2D eigenvalue weighted by Gasteiger charge is 2.22. The van der Waals surface area contributed by atoms with Crippen LogP contribution >= 0.6 is 0 Å². The van der Waals surface area contributed by atoms with Gasteiger partial charge in [0.25, 0.3) is 0 Å². The molecule has 98 valence electrons. The maximum Gasteiger partial charge on any atom is 0.317 e. The van der Waals surface area contributed by atoms with E-state index in [4.69, 9.17) is 5.11 Å². The van der Waals surface area contributed by atoms with Gasteiger partial charge in [0, 0.05) is 13.1 Å². The minimum absolute atomic E-state index is 0.0556. The van der Waals surface area contributed by atoms with Gasteiger partial charge in [-0.2, -0.15) is 0 Å². The molecule has 1 amide bonds. The first kappa shape index (κ1) is 14.0. The molecule has 0 spiro atoms. The van der Waals surface area contributed by atoms with Gasteiger partial charge in [-0.1, -0.05) is 13.8 Å². The Morgan fingerprint density at radius 2 is 1.88 bits per heavy atom. The van der Waals surface area contributed by atoms with E-state index >= 15 is 0 Å². The van der Waals surface area contributed by atoms with Crippen molar-refractivity contribution in [2.24, 2.45) is 5.92 Å². The number of hydrogen-bond acceptors (Lipinski definition) is 3. The average Bonchev–Trinajstić information content (AvgIpc) is 2.28. The highest BCUT2D eigenvalue weighted by molar-refractivity contribution is 5.79. The summed E-state index contributed by atoms with van der Waals surface area (Å²) in [5, 5.41) is 8.71. The zero-order valence-corrected chi connectivity index (χ0v) is 10.7. The van der Waals surface area contributed by atoms with Crippen molar-refractivity contribution in [3.05, 3.63) is 0 Å². The molecule has 0 aliphatic carbocycles. The van der Waals surface area contributed by atoms with Crippen molar-refractivity contribution in [2.75, 3.05) is 32.7 Å². The third-order valence-corrected chi connectivity index (χ3v) is 3.30. The number of nitrogens with zero attached hydrogens (tertiary/aromatic N) is 2. The molecule has 0 unspecified atom stereocenters. The lowest BCUT2D eigenvalue weighted by Gasteiger charge is -2.31. The minimum atomic E-state index is -0.882. The van der Waals surface area contributed by atoms with Gasteiger partial charge in [0.2, 0.25) is 5.91 Å². The maximum absolute atomic E-state index is 11.9. The van der Waals surface area contributed by atoms with E-state index < -0.39 is 5.97 Å². The number of carbonyl (C=O) groups excluding carboxylic acids is 1. The Kier molecular flexibility index (Phi) is 5.41. The van der Waals surface area contributed by atoms with Crippen LogP contribution in [0.3, 0.4) is 0 Å². The number of piperidine rings is 1. The molecule has 1 saturated heterocycles. The van der Waals surface area contributed by atoms with E-state index in [1.807, 2.05) is 11.8 Å². The van der Waals surface area contributed by atoms with Gasteiger partial charge in [-0.25, -0.2) is 0 Å². The van der Waals surface area contributed by atoms with E-state index in [0.717, 1.165) is 25.9 Å². The number of carbonyl (C=O) groups is 2. The summed E-state index contributed by atoms with van der Waals surface area (Å²) in [6.45, 7) is 6.43. The van der Waals surface area contributed by atoms with Crippen molar-refractivity contribution in [2.45, 2.75) is 26.7 Å². The molecule has 1 aliphatic heterocycles.